The highest BCUT2D eigenvalue weighted by atomic mass is 16.5. The first kappa shape index (κ1) is 18.5. The van der Waals surface area contributed by atoms with E-state index in [9.17, 15) is 9.59 Å². The number of rotatable bonds is 7. The predicted molar refractivity (Wildman–Crippen MR) is 93.5 cm³/mol. The van der Waals surface area contributed by atoms with Crippen LogP contribution in [0.3, 0.4) is 0 Å². The molecule has 0 saturated carbocycles. The van der Waals surface area contributed by atoms with Crippen LogP contribution < -0.4 is 0 Å². The van der Waals surface area contributed by atoms with E-state index in [1.54, 1.807) is 12.0 Å². The van der Waals surface area contributed by atoms with E-state index in [2.05, 4.69) is 0 Å². The van der Waals surface area contributed by atoms with Crippen molar-refractivity contribution >= 4 is 11.8 Å². The molecule has 1 atom stereocenters. The van der Waals surface area contributed by atoms with Crippen LogP contribution in [0.5, 0.6) is 0 Å². The second-order valence-electron chi connectivity index (χ2n) is 6.52. The number of aryl methyl sites for hydroxylation is 1. The number of piperidine rings is 1. The zero-order valence-electron chi connectivity index (χ0n) is 15.0. The molecule has 1 aromatic carbocycles. The monoisotopic (exact) mass is 332 g/mol. The Labute approximate surface area is 144 Å². The summed E-state index contributed by atoms with van der Waals surface area (Å²) in [4.78, 5) is 28.4. The molecule has 1 aliphatic rings. The SMILES string of the molecule is COC[C@@H](C)N(Cc1ccccc1C)C(=O)CN1CCCCC1=O. The minimum absolute atomic E-state index is 0.0157. The zero-order chi connectivity index (χ0) is 17.5. The van der Waals surface area contributed by atoms with Gasteiger partial charge in [0.25, 0.3) is 0 Å². The van der Waals surface area contributed by atoms with Crippen molar-refractivity contribution in [3.05, 3.63) is 35.4 Å². The summed E-state index contributed by atoms with van der Waals surface area (Å²) in [6.07, 6.45) is 2.46. The Kier molecular flexibility index (Phi) is 6.79. The molecule has 2 amide bonds. The highest BCUT2D eigenvalue weighted by Crippen LogP contribution is 2.15. The van der Waals surface area contributed by atoms with Gasteiger partial charge in [-0.3, -0.25) is 9.59 Å². The Hall–Kier alpha value is -1.88. The van der Waals surface area contributed by atoms with Crippen LogP contribution in [0.25, 0.3) is 0 Å². The van der Waals surface area contributed by atoms with Crippen molar-refractivity contribution in [1.82, 2.24) is 9.80 Å². The average Bonchev–Trinajstić information content (AvgIpc) is 2.56. The Morgan fingerprint density at radius 2 is 2.08 bits per heavy atom. The van der Waals surface area contributed by atoms with E-state index in [-0.39, 0.29) is 24.4 Å². The van der Waals surface area contributed by atoms with Crippen molar-refractivity contribution in [3.63, 3.8) is 0 Å². The summed E-state index contributed by atoms with van der Waals surface area (Å²) in [5, 5.41) is 0. The third-order valence-electron chi connectivity index (χ3n) is 4.61. The molecule has 0 aromatic heterocycles. The van der Waals surface area contributed by atoms with E-state index in [1.165, 1.54) is 0 Å². The minimum atomic E-state index is -0.0398. The van der Waals surface area contributed by atoms with E-state index in [0.717, 1.165) is 24.0 Å². The molecule has 0 bridgehead atoms. The third kappa shape index (κ3) is 4.81. The lowest BCUT2D eigenvalue weighted by molar-refractivity contribution is -0.144. The van der Waals surface area contributed by atoms with E-state index < -0.39 is 0 Å². The first-order valence-corrected chi connectivity index (χ1v) is 8.63. The molecule has 24 heavy (non-hydrogen) atoms. The Morgan fingerprint density at radius 1 is 1.33 bits per heavy atom. The molecular formula is C19H28N2O3. The Bertz CT molecular complexity index is 573. The molecule has 0 unspecified atom stereocenters. The molecule has 1 aliphatic heterocycles. The van der Waals surface area contributed by atoms with Crippen LogP contribution in [0.2, 0.25) is 0 Å². The molecule has 1 fully saturated rings. The van der Waals surface area contributed by atoms with Gasteiger partial charge in [0.1, 0.15) is 0 Å². The fourth-order valence-electron chi connectivity index (χ4n) is 3.08. The van der Waals surface area contributed by atoms with Crippen molar-refractivity contribution in [2.75, 3.05) is 26.8 Å². The number of carbonyl (C=O) groups is 2. The molecule has 5 heteroatoms. The molecule has 0 N–H and O–H groups in total. The van der Waals surface area contributed by atoms with Crippen LogP contribution in [0.1, 0.15) is 37.3 Å². The second-order valence-corrected chi connectivity index (χ2v) is 6.52. The molecule has 132 valence electrons. The molecule has 1 saturated heterocycles. The standard InChI is InChI=1S/C19H28N2O3/c1-15-8-4-5-9-17(15)12-21(16(2)14-24-3)19(23)13-20-11-7-6-10-18(20)22/h4-5,8-9,16H,6-7,10-14H2,1-3H3/t16-/m1/s1. The fraction of sp³-hybridized carbons (Fsp3) is 0.579. The second kappa shape index (κ2) is 8.83. The summed E-state index contributed by atoms with van der Waals surface area (Å²) < 4.78 is 5.24. The summed E-state index contributed by atoms with van der Waals surface area (Å²) in [6, 6.07) is 8.03. The van der Waals surface area contributed by atoms with Crippen molar-refractivity contribution in [2.24, 2.45) is 0 Å². The molecule has 0 radical (unpaired) electrons. The predicted octanol–water partition coefficient (Wildman–Crippen LogP) is 2.37. The Balaban J connectivity index is 2.11. The summed E-state index contributed by atoms with van der Waals surface area (Å²) in [5.41, 5.74) is 2.28. The van der Waals surface area contributed by atoms with Gasteiger partial charge in [-0.25, -0.2) is 0 Å². The highest BCUT2D eigenvalue weighted by Gasteiger charge is 2.26. The molecule has 0 aliphatic carbocycles. The van der Waals surface area contributed by atoms with Gasteiger partial charge >= 0.3 is 0 Å². The highest BCUT2D eigenvalue weighted by molar-refractivity contribution is 5.85. The summed E-state index contributed by atoms with van der Waals surface area (Å²) in [6.45, 7) is 5.90. The van der Waals surface area contributed by atoms with E-state index in [4.69, 9.17) is 4.74 Å². The maximum atomic E-state index is 12.9. The lowest BCUT2D eigenvalue weighted by atomic mass is 10.1. The number of amides is 2. The maximum Gasteiger partial charge on any atom is 0.242 e. The van der Waals surface area contributed by atoms with Gasteiger partial charge in [0.2, 0.25) is 11.8 Å². The summed E-state index contributed by atoms with van der Waals surface area (Å²) >= 11 is 0. The van der Waals surface area contributed by atoms with Gasteiger partial charge in [-0.15, -0.1) is 0 Å². The van der Waals surface area contributed by atoms with Crippen molar-refractivity contribution < 1.29 is 14.3 Å². The van der Waals surface area contributed by atoms with E-state index in [1.807, 2.05) is 43.0 Å². The molecule has 1 aromatic rings. The normalized spacial score (nSPS) is 16.1. The summed E-state index contributed by atoms with van der Waals surface area (Å²) in [5.74, 6) is 0.0721. The van der Waals surface area contributed by atoms with Crippen molar-refractivity contribution in [1.29, 1.82) is 0 Å². The van der Waals surface area contributed by atoms with Gasteiger partial charge in [-0.05, 0) is 37.8 Å². The minimum Gasteiger partial charge on any atom is -0.383 e. The van der Waals surface area contributed by atoms with Crippen LogP contribution in [0, 0.1) is 6.92 Å². The number of methoxy groups -OCH3 is 1. The van der Waals surface area contributed by atoms with Crippen LogP contribution in [0.15, 0.2) is 24.3 Å². The first-order chi connectivity index (χ1) is 11.5. The number of likely N-dealkylation sites (tertiary alicyclic amines) is 1. The van der Waals surface area contributed by atoms with Crippen molar-refractivity contribution in [2.45, 2.75) is 45.7 Å². The lowest BCUT2D eigenvalue weighted by Crippen LogP contribution is -2.48. The largest absolute Gasteiger partial charge is 0.383 e. The van der Waals surface area contributed by atoms with Gasteiger partial charge in [-0.1, -0.05) is 24.3 Å². The van der Waals surface area contributed by atoms with Crippen molar-refractivity contribution in [3.8, 4) is 0 Å². The number of hydrogen-bond donors (Lipinski definition) is 0. The molecular weight excluding hydrogens is 304 g/mol. The number of benzene rings is 1. The number of ether oxygens (including phenoxy) is 1. The topological polar surface area (TPSA) is 49.9 Å². The first-order valence-electron chi connectivity index (χ1n) is 8.63. The molecule has 0 spiro atoms. The number of carbonyl (C=O) groups excluding carboxylic acids is 2. The van der Waals surface area contributed by atoms with Crippen LogP contribution in [-0.2, 0) is 20.9 Å². The fourth-order valence-corrected chi connectivity index (χ4v) is 3.08. The zero-order valence-corrected chi connectivity index (χ0v) is 15.0. The van der Waals surface area contributed by atoms with Gasteiger partial charge < -0.3 is 14.5 Å². The third-order valence-corrected chi connectivity index (χ3v) is 4.61. The van der Waals surface area contributed by atoms with Crippen LogP contribution >= 0.6 is 0 Å². The lowest BCUT2D eigenvalue weighted by Gasteiger charge is -2.33. The molecule has 1 heterocycles. The number of hydrogen-bond acceptors (Lipinski definition) is 3. The van der Waals surface area contributed by atoms with Gasteiger partial charge in [0.15, 0.2) is 0 Å². The number of nitrogens with zero attached hydrogens (tertiary/aromatic N) is 2. The van der Waals surface area contributed by atoms with Gasteiger partial charge in [0, 0.05) is 26.6 Å². The summed E-state index contributed by atoms with van der Waals surface area (Å²) in [7, 11) is 1.64. The van der Waals surface area contributed by atoms with E-state index in [0.29, 0.717) is 26.1 Å². The Morgan fingerprint density at radius 3 is 2.75 bits per heavy atom. The molecule has 2 rings (SSSR count). The van der Waals surface area contributed by atoms with Gasteiger partial charge in [0.05, 0.1) is 19.2 Å². The van der Waals surface area contributed by atoms with E-state index >= 15 is 0 Å². The average molecular weight is 332 g/mol. The molecule has 5 nitrogen and oxygen atoms in total. The quantitative estimate of drug-likeness (QED) is 0.770. The van der Waals surface area contributed by atoms with Gasteiger partial charge in [-0.2, -0.15) is 0 Å². The maximum absolute atomic E-state index is 12.9. The smallest absolute Gasteiger partial charge is 0.242 e. The van der Waals surface area contributed by atoms with Crippen LogP contribution in [0.4, 0.5) is 0 Å². The van der Waals surface area contributed by atoms with Crippen LogP contribution in [-0.4, -0.2) is 54.5 Å².